The van der Waals surface area contributed by atoms with Gasteiger partial charge in [-0.05, 0) is 24.6 Å². The number of carbonyl (C=O) groups is 2. The molecule has 0 saturated carbocycles. The molecule has 6 nitrogen and oxygen atoms in total. The Balaban J connectivity index is 1.95. The number of benzene rings is 2. The molecule has 1 aliphatic rings. The molecule has 1 saturated heterocycles. The summed E-state index contributed by atoms with van der Waals surface area (Å²) >= 11 is 4.58. The molecule has 2 heterocycles. The van der Waals surface area contributed by atoms with Crippen molar-refractivity contribution in [3.8, 4) is 0 Å². The lowest BCUT2D eigenvalue weighted by Crippen LogP contribution is -2.29. The second kappa shape index (κ2) is 7.29. The van der Waals surface area contributed by atoms with Crippen molar-refractivity contribution in [2.75, 3.05) is 4.90 Å². The van der Waals surface area contributed by atoms with Crippen LogP contribution in [0.2, 0.25) is 0 Å². The molecule has 1 aromatic heterocycles. The van der Waals surface area contributed by atoms with Crippen LogP contribution in [0.5, 0.6) is 0 Å². The summed E-state index contributed by atoms with van der Waals surface area (Å²) in [7, 11) is 0. The Labute approximate surface area is 173 Å². The lowest BCUT2D eigenvalue weighted by molar-refractivity contribution is -0.132. The topological polar surface area (TPSA) is 83.4 Å². The van der Waals surface area contributed by atoms with E-state index in [0.29, 0.717) is 16.3 Å². The van der Waals surface area contributed by atoms with Crippen molar-refractivity contribution >= 4 is 49.8 Å². The van der Waals surface area contributed by atoms with Crippen molar-refractivity contribution in [3.63, 3.8) is 0 Å². The number of aromatic nitrogens is 2. The van der Waals surface area contributed by atoms with Crippen LogP contribution in [-0.2, 0) is 9.59 Å². The number of aliphatic hydroxyl groups excluding tert-OH is 1. The quantitative estimate of drug-likeness (QED) is 0.362. The first-order valence-corrected chi connectivity index (χ1v) is 10.0. The van der Waals surface area contributed by atoms with Crippen LogP contribution in [0.4, 0.5) is 5.13 Å². The highest BCUT2D eigenvalue weighted by Crippen LogP contribution is 2.42. The van der Waals surface area contributed by atoms with Crippen molar-refractivity contribution in [1.82, 2.24) is 10.2 Å². The Kier molecular flexibility index (Phi) is 4.82. The van der Waals surface area contributed by atoms with Crippen LogP contribution in [-0.4, -0.2) is 27.0 Å². The maximum Gasteiger partial charge on any atom is 0.301 e. The van der Waals surface area contributed by atoms with E-state index in [1.807, 2.05) is 37.3 Å². The molecule has 4 rings (SSSR count). The van der Waals surface area contributed by atoms with E-state index >= 15 is 0 Å². The summed E-state index contributed by atoms with van der Waals surface area (Å²) in [6, 6.07) is 13.6. The molecule has 1 N–H and O–H groups in total. The molecule has 1 fully saturated rings. The average molecular weight is 456 g/mol. The third-order valence-electron chi connectivity index (χ3n) is 4.49. The van der Waals surface area contributed by atoms with E-state index in [4.69, 9.17) is 0 Å². The van der Waals surface area contributed by atoms with E-state index in [1.54, 1.807) is 18.2 Å². The van der Waals surface area contributed by atoms with Gasteiger partial charge in [-0.2, -0.15) is 0 Å². The standard InChI is InChI=1S/C20H14BrN3O3S/c1-11-5-7-12(8-6-11)17(25)15-16(13-3-2-4-14(21)9-13)24(19(27)18(15)26)20-23-22-10-28-20/h2-10,16,25H,1H3/t16-/m1/s1. The molecule has 0 unspecified atom stereocenters. The highest BCUT2D eigenvalue weighted by atomic mass is 79.9. The molecule has 0 radical (unpaired) electrons. The third kappa shape index (κ3) is 3.14. The fraction of sp³-hybridized carbons (Fsp3) is 0.100. The van der Waals surface area contributed by atoms with E-state index in [-0.39, 0.29) is 11.3 Å². The van der Waals surface area contributed by atoms with Gasteiger partial charge in [0.15, 0.2) is 0 Å². The minimum Gasteiger partial charge on any atom is -0.507 e. The number of carbonyl (C=O) groups excluding carboxylic acids is 2. The molecule has 2 aromatic carbocycles. The Bertz CT molecular complexity index is 1090. The minimum absolute atomic E-state index is 0.0298. The Morgan fingerprint density at radius 2 is 1.93 bits per heavy atom. The number of rotatable bonds is 3. The highest BCUT2D eigenvalue weighted by molar-refractivity contribution is 9.10. The lowest BCUT2D eigenvalue weighted by Gasteiger charge is -2.22. The van der Waals surface area contributed by atoms with Gasteiger partial charge < -0.3 is 5.11 Å². The van der Waals surface area contributed by atoms with Crippen LogP contribution in [0.15, 0.2) is 64.1 Å². The Morgan fingerprint density at radius 3 is 2.57 bits per heavy atom. The minimum atomic E-state index is -0.799. The van der Waals surface area contributed by atoms with Gasteiger partial charge in [0, 0.05) is 10.0 Å². The SMILES string of the molecule is Cc1ccc(C(O)=C2C(=O)C(=O)N(c3nncs3)[C@@H]2c2cccc(Br)c2)cc1. The van der Waals surface area contributed by atoms with Crippen LogP contribution in [0, 0.1) is 6.92 Å². The Hall–Kier alpha value is -2.84. The molecule has 28 heavy (non-hydrogen) atoms. The third-order valence-corrected chi connectivity index (χ3v) is 5.67. The summed E-state index contributed by atoms with van der Waals surface area (Å²) in [6.07, 6.45) is 0. The zero-order valence-electron chi connectivity index (χ0n) is 14.7. The number of hydrogen-bond donors (Lipinski definition) is 1. The van der Waals surface area contributed by atoms with Crippen molar-refractivity contribution in [2.24, 2.45) is 0 Å². The Morgan fingerprint density at radius 1 is 1.18 bits per heavy atom. The fourth-order valence-corrected chi connectivity index (χ4v) is 4.16. The van der Waals surface area contributed by atoms with Crippen molar-refractivity contribution in [2.45, 2.75) is 13.0 Å². The molecule has 0 bridgehead atoms. The van der Waals surface area contributed by atoms with Gasteiger partial charge in [0.25, 0.3) is 5.78 Å². The first-order valence-electron chi connectivity index (χ1n) is 8.37. The van der Waals surface area contributed by atoms with Gasteiger partial charge in [-0.15, -0.1) is 10.2 Å². The van der Waals surface area contributed by atoms with Gasteiger partial charge >= 0.3 is 5.91 Å². The molecule has 1 aliphatic heterocycles. The second-order valence-electron chi connectivity index (χ2n) is 6.31. The van der Waals surface area contributed by atoms with Gasteiger partial charge in [0.05, 0.1) is 11.6 Å². The molecule has 0 spiro atoms. The van der Waals surface area contributed by atoms with E-state index in [0.717, 1.165) is 21.4 Å². The molecular formula is C20H14BrN3O3S. The number of aliphatic hydroxyl groups is 1. The van der Waals surface area contributed by atoms with E-state index in [9.17, 15) is 14.7 Å². The lowest BCUT2D eigenvalue weighted by atomic mass is 9.95. The van der Waals surface area contributed by atoms with Crippen molar-refractivity contribution in [3.05, 3.63) is 80.8 Å². The molecule has 140 valence electrons. The molecule has 1 amide bonds. The smallest absolute Gasteiger partial charge is 0.301 e. The normalized spacial score (nSPS) is 18.6. The van der Waals surface area contributed by atoms with Gasteiger partial charge in [-0.25, -0.2) is 0 Å². The predicted molar refractivity (Wildman–Crippen MR) is 110 cm³/mol. The van der Waals surface area contributed by atoms with Crippen LogP contribution >= 0.6 is 27.3 Å². The largest absolute Gasteiger partial charge is 0.507 e. The zero-order chi connectivity index (χ0) is 19.8. The van der Waals surface area contributed by atoms with Crippen molar-refractivity contribution < 1.29 is 14.7 Å². The molecule has 8 heteroatoms. The highest BCUT2D eigenvalue weighted by Gasteiger charge is 2.48. The number of Topliss-reactive ketones (excluding diaryl/α,β-unsaturated/α-hetero) is 1. The molecule has 3 aromatic rings. The molecule has 1 atom stereocenters. The number of aryl methyl sites for hydroxylation is 1. The summed E-state index contributed by atoms with van der Waals surface area (Å²) in [6.45, 7) is 1.93. The van der Waals surface area contributed by atoms with Crippen LogP contribution in [0.3, 0.4) is 0 Å². The molecular weight excluding hydrogens is 442 g/mol. The van der Waals surface area contributed by atoms with E-state index in [2.05, 4.69) is 26.1 Å². The first kappa shape index (κ1) is 18.5. The van der Waals surface area contributed by atoms with Gasteiger partial charge in [-0.1, -0.05) is 69.2 Å². The number of nitrogens with zero attached hydrogens (tertiary/aromatic N) is 3. The molecule has 0 aliphatic carbocycles. The second-order valence-corrected chi connectivity index (χ2v) is 8.04. The monoisotopic (exact) mass is 455 g/mol. The average Bonchev–Trinajstić information content (AvgIpc) is 3.29. The van der Waals surface area contributed by atoms with Gasteiger partial charge in [0.2, 0.25) is 5.13 Å². The fourth-order valence-electron chi connectivity index (χ4n) is 3.16. The van der Waals surface area contributed by atoms with E-state index < -0.39 is 17.7 Å². The maximum absolute atomic E-state index is 12.9. The van der Waals surface area contributed by atoms with Crippen LogP contribution in [0.1, 0.15) is 22.7 Å². The first-order chi connectivity index (χ1) is 13.5. The van der Waals surface area contributed by atoms with Gasteiger partial charge in [-0.3, -0.25) is 14.5 Å². The zero-order valence-corrected chi connectivity index (χ0v) is 17.1. The number of ketones is 1. The van der Waals surface area contributed by atoms with Crippen LogP contribution < -0.4 is 4.90 Å². The van der Waals surface area contributed by atoms with Gasteiger partial charge in [0.1, 0.15) is 11.3 Å². The van der Waals surface area contributed by atoms with Crippen molar-refractivity contribution in [1.29, 1.82) is 0 Å². The van der Waals surface area contributed by atoms with E-state index in [1.165, 1.54) is 10.4 Å². The summed E-state index contributed by atoms with van der Waals surface area (Å²) < 4.78 is 0.795. The summed E-state index contributed by atoms with van der Waals surface area (Å²) in [5.41, 5.74) is 3.70. The number of anilines is 1. The summed E-state index contributed by atoms with van der Waals surface area (Å²) in [5, 5.41) is 19.0. The number of hydrogen-bond acceptors (Lipinski definition) is 6. The maximum atomic E-state index is 12.9. The van der Waals surface area contributed by atoms with Crippen LogP contribution in [0.25, 0.3) is 5.76 Å². The summed E-state index contributed by atoms with van der Waals surface area (Å²) in [5.74, 6) is -1.70. The summed E-state index contributed by atoms with van der Waals surface area (Å²) in [4.78, 5) is 27.0. The predicted octanol–water partition coefficient (Wildman–Crippen LogP) is 4.24. The number of halogens is 1. The number of amides is 1.